The van der Waals surface area contributed by atoms with Gasteiger partial charge in [0.05, 0.1) is 36.4 Å². The Morgan fingerprint density at radius 1 is 0.792 bits per heavy atom. The van der Waals surface area contributed by atoms with Crippen LogP contribution in [0.1, 0.15) is 20.7 Å². The molecule has 2 N–H and O–H groups in total. The number of methoxy groups -OCH3 is 2. The molecule has 0 fully saturated rings. The lowest BCUT2D eigenvalue weighted by molar-refractivity contribution is 0.0686. The summed E-state index contributed by atoms with van der Waals surface area (Å²) in [5.74, 6) is -1.77. The Labute approximate surface area is 135 Å². The van der Waals surface area contributed by atoms with Crippen LogP contribution >= 0.6 is 0 Å². The fourth-order valence-corrected chi connectivity index (χ4v) is 2.38. The van der Waals surface area contributed by atoms with Gasteiger partial charge in [0.15, 0.2) is 0 Å². The Kier molecular flexibility index (Phi) is 3.64. The summed E-state index contributed by atoms with van der Waals surface area (Å²) in [6.45, 7) is 0. The molecule has 1 heterocycles. The molecule has 122 valence electrons. The van der Waals surface area contributed by atoms with Gasteiger partial charge in [0.2, 0.25) is 0 Å². The van der Waals surface area contributed by atoms with Crippen molar-refractivity contribution in [3.05, 3.63) is 35.4 Å². The van der Waals surface area contributed by atoms with E-state index in [2.05, 4.69) is 9.97 Å². The zero-order chi connectivity index (χ0) is 17.4. The minimum absolute atomic E-state index is 0.00845. The summed E-state index contributed by atoms with van der Waals surface area (Å²) in [4.78, 5) is 31.2. The van der Waals surface area contributed by atoms with Crippen molar-refractivity contribution in [3.8, 4) is 11.5 Å². The molecule has 24 heavy (non-hydrogen) atoms. The van der Waals surface area contributed by atoms with Crippen LogP contribution in [0.15, 0.2) is 24.3 Å². The van der Waals surface area contributed by atoms with E-state index in [4.69, 9.17) is 9.47 Å². The Bertz CT molecular complexity index is 917. The van der Waals surface area contributed by atoms with Crippen LogP contribution in [0.2, 0.25) is 0 Å². The third-order valence-corrected chi connectivity index (χ3v) is 3.51. The van der Waals surface area contributed by atoms with Gasteiger partial charge in [0.1, 0.15) is 22.5 Å². The molecule has 0 amide bonds. The molecule has 3 rings (SSSR count). The standard InChI is InChI=1S/C16H12N2O6/c1-23-11-5-7(15(19)20)3-9-13(11)17-10-4-8(16(21)22)6-12(24-2)14(10)18-9/h3-6H,1-2H3,(H,19,20)(H,21,22). The molecule has 0 unspecified atom stereocenters. The van der Waals surface area contributed by atoms with E-state index < -0.39 is 11.9 Å². The maximum Gasteiger partial charge on any atom is 0.335 e. The summed E-state index contributed by atoms with van der Waals surface area (Å²) >= 11 is 0. The van der Waals surface area contributed by atoms with Gasteiger partial charge in [0.25, 0.3) is 0 Å². The normalized spacial score (nSPS) is 10.8. The second-order valence-corrected chi connectivity index (χ2v) is 4.93. The van der Waals surface area contributed by atoms with Gasteiger partial charge >= 0.3 is 11.9 Å². The van der Waals surface area contributed by atoms with Crippen LogP contribution in [0.3, 0.4) is 0 Å². The zero-order valence-corrected chi connectivity index (χ0v) is 12.7. The molecule has 0 aliphatic rings. The topological polar surface area (TPSA) is 119 Å². The van der Waals surface area contributed by atoms with Crippen molar-refractivity contribution in [2.45, 2.75) is 0 Å². The lowest BCUT2D eigenvalue weighted by atomic mass is 10.1. The summed E-state index contributed by atoms with van der Waals surface area (Å²) in [7, 11) is 2.78. The second kappa shape index (κ2) is 5.65. The monoisotopic (exact) mass is 328 g/mol. The van der Waals surface area contributed by atoms with Crippen molar-refractivity contribution < 1.29 is 29.3 Å². The van der Waals surface area contributed by atoms with E-state index in [1.807, 2.05) is 0 Å². The van der Waals surface area contributed by atoms with Gasteiger partial charge in [-0.15, -0.1) is 0 Å². The zero-order valence-electron chi connectivity index (χ0n) is 12.7. The van der Waals surface area contributed by atoms with Gasteiger partial charge in [0, 0.05) is 0 Å². The van der Waals surface area contributed by atoms with E-state index in [9.17, 15) is 19.8 Å². The van der Waals surface area contributed by atoms with E-state index in [0.29, 0.717) is 22.1 Å². The minimum atomic E-state index is -1.12. The smallest absolute Gasteiger partial charge is 0.335 e. The molecule has 1 aromatic heterocycles. The number of hydrogen-bond acceptors (Lipinski definition) is 6. The highest BCUT2D eigenvalue weighted by Crippen LogP contribution is 2.31. The Morgan fingerprint density at radius 2 is 1.17 bits per heavy atom. The molecule has 3 aromatic rings. The van der Waals surface area contributed by atoms with E-state index in [1.54, 1.807) is 0 Å². The van der Waals surface area contributed by atoms with Crippen LogP contribution in [0.4, 0.5) is 0 Å². The highest BCUT2D eigenvalue weighted by atomic mass is 16.5. The molecule has 0 saturated heterocycles. The lowest BCUT2D eigenvalue weighted by Gasteiger charge is -2.10. The fourth-order valence-electron chi connectivity index (χ4n) is 2.38. The summed E-state index contributed by atoms with van der Waals surface area (Å²) in [5, 5.41) is 18.4. The number of rotatable bonds is 4. The third kappa shape index (κ3) is 2.43. The predicted molar refractivity (Wildman–Crippen MR) is 84.1 cm³/mol. The molecule has 8 nitrogen and oxygen atoms in total. The molecular weight excluding hydrogens is 316 g/mol. The average molecular weight is 328 g/mol. The van der Waals surface area contributed by atoms with Crippen LogP contribution < -0.4 is 9.47 Å². The summed E-state index contributed by atoms with van der Waals surface area (Å²) in [6, 6.07) is 5.42. The molecule has 2 aromatic carbocycles. The van der Waals surface area contributed by atoms with Gasteiger partial charge in [-0.3, -0.25) is 0 Å². The van der Waals surface area contributed by atoms with Crippen LogP contribution in [0.5, 0.6) is 11.5 Å². The van der Waals surface area contributed by atoms with Crippen molar-refractivity contribution in [2.24, 2.45) is 0 Å². The third-order valence-electron chi connectivity index (χ3n) is 3.51. The van der Waals surface area contributed by atoms with Crippen molar-refractivity contribution >= 4 is 34.0 Å². The molecule has 0 atom stereocenters. The summed E-state index contributed by atoms with van der Waals surface area (Å²) < 4.78 is 10.4. The fraction of sp³-hybridized carbons (Fsp3) is 0.125. The van der Waals surface area contributed by atoms with E-state index in [0.717, 1.165) is 0 Å². The van der Waals surface area contributed by atoms with Gasteiger partial charge in [-0.2, -0.15) is 0 Å². The largest absolute Gasteiger partial charge is 0.494 e. The molecule has 0 spiro atoms. The first-order valence-corrected chi connectivity index (χ1v) is 6.78. The number of hydrogen-bond donors (Lipinski definition) is 2. The number of carboxylic acids is 2. The highest BCUT2D eigenvalue weighted by Gasteiger charge is 2.16. The van der Waals surface area contributed by atoms with Crippen molar-refractivity contribution in [2.75, 3.05) is 14.2 Å². The van der Waals surface area contributed by atoms with E-state index in [1.165, 1.54) is 38.5 Å². The number of fused-ring (bicyclic) bond motifs is 2. The predicted octanol–water partition coefficient (Wildman–Crippen LogP) is 2.20. The average Bonchev–Trinajstić information content (AvgIpc) is 2.57. The number of aromatic carboxylic acids is 2. The SMILES string of the molecule is COc1cc(C(=O)O)cc2nc3c(OC)cc(C(=O)O)cc3nc12. The molecule has 0 aliphatic carbocycles. The number of aromatic nitrogens is 2. The first-order chi connectivity index (χ1) is 11.4. The van der Waals surface area contributed by atoms with E-state index >= 15 is 0 Å². The Hall–Kier alpha value is -3.42. The number of ether oxygens (including phenoxy) is 2. The van der Waals surface area contributed by atoms with Gasteiger partial charge < -0.3 is 19.7 Å². The van der Waals surface area contributed by atoms with Gasteiger partial charge in [-0.1, -0.05) is 0 Å². The highest BCUT2D eigenvalue weighted by molar-refractivity contribution is 6.00. The quantitative estimate of drug-likeness (QED) is 0.700. The number of benzene rings is 2. The molecule has 0 bridgehead atoms. The Morgan fingerprint density at radius 3 is 1.46 bits per heavy atom. The van der Waals surface area contributed by atoms with Crippen LogP contribution in [0, 0.1) is 0 Å². The Balaban J connectivity index is 2.42. The number of nitrogens with zero attached hydrogens (tertiary/aromatic N) is 2. The van der Waals surface area contributed by atoms with Crippen LogP contribution in [0.25, 0.3) is 22.1 Å². The summed E-state index contributed by atoms with van der Waals surface area (Å²) in [5.41, 5.74) is 1.30. The molecular formula is C16H12N2O6. The van der Waals surface area contributed by atoms with Crippen LogP contribution in [-0.2, 0) is 0 Å². The number of carbonyl (C=O) groups is 2. The number of carboxylic acid groups (broad SMARTS) is 2. The lowest BCUT2D eigenvalue weighted by Crippen LogP contribution is -2.02. The van der Waals surface area contributed by atoms with Gasteiger partial charge in [-0.05, 0) is 24.3 Å². The molecule has 0 saturated carbocycles. The van der Waals surface area contributed by atoms with E-state index in [-0.39, 0.29) is 22.6 Å². The van der Waals surface area contributed by atoms with Crippen molar-refractivity contribution in [1.29, 1.82) is 0 Å². The first-order valence-electron chi connectivity index (χ1n) is 6.78. The van der Waals surface area contributed by atoms with Crippen molar-refractivity contribution in [1.82, 2.24) is 9.97 Å². The van der Waals surface area contributed by atoms with Gasteiger partial charge in [-0.25, -0.2) is 19.6 Å². The van der Waals surface area contributed by atoms with Crippen molar-refractivity contribution in [3.63, 3.8) is 0 Å². The summed E-state index contributed by atoms with van der Waals surface area (Å²) in [6.07, 6.45) is 0. The maximum atomic E-state index is 11.2. The molecule has 8 heteroatoms. The maximum absolute atomic E-state index is 11.2. The second-order valence-electron chi connectivity index (χ2n) is 4.93. The first kappa shape index (κ1) is 15.5. The van der Waals surface area contributed by atoms with Crippen LogP contribution in [-0.4, -0.2) is 46.3 Å². The molecule has 0 radical (unpaired) electrons. The molecule has 0 aliphatic heterocycles. The minimum Gasteiger partial charge on any atom is -0.494 e.